The number of rotatable bonds is 7. The van der Waals surface area contributed by atoms with Crippen molar-refractivity contribution in [1.82, 2.24) is 10.3 Å². The van der Waals surface area contributed by atoms with Crippen molar-refractivity contribution in [3.63, 3.8) is 0 Å². The van der Waals surface area contributed by atoms with Gasteiger partial charge in [0, 0.05) is 11.9 Å². The first kappa shape index (κ1) is 23.8. The fourth-order valence-corrected chi connectivity index (χ4v) is 5.03. The Morgan fingerprint density at radius 1 is 1.03 bits per heavy atom. The van der Waals surface area contributed by atoms with Crippen LogP contribution >= 0.6 is 0 Å². The van der Waals surface area contributed by atoms with Crippen molar-refractivity contribution < 1.29 is 19.4 Å². The van der Waals surface area contributed by atoms with Crippen molar-refractivity contribution in [3.8, 4) is 5.75 Å². The Labute approximate surface area is 210 Å². The zero-order valence-corrected chi connectivity index (χ0v) is 20.3. The molecule has 184 valence electrons. The summed E-state index contributed by atoms with van der Waals surface area (Å²) in [6.45, 7) is 0.251. The third-order valence-corrected chi connectivity index (χ3v) is 6.87. The molecule has 2 N–H and O–H groups in total. The van der Waals surface area contributed by atoms with Gasteiger partial charge in [0.05, 0.1) is 16.8 Å². The van der Waals surface area contributed by atoms with Gasteiger partial charge in [-0.1, -0.05) is 42.0 Å². The third-order valence-electron chi connectivity index (χ3n) is 6.87. The van der Waals surface area contributed by atoms with E-state index < -0.39 is 5.97 Å². The minimum atomic E-state index is -0.499. The molecular formula is C30H30N2O4. The summed E-state index contributed by atoms with van der Waals surface area (Å²) in [5, 5.41) is 13.2. The number of esters is 1. The molecule has 0 saturated heterocycles. The summed E-state index contributed by atoms with van der Waals surface area (Å²) in [6.07, 6.45) is 11.3. The molecule has 0 atom stereocenters. The summed E-state index contributed by atoms with van der Waals surface area (Å²) in [5.74, 6) is -0.572. The molecule has 36 heavy (non-hydrogen) atoms. The predicted octanol–water partition coefficient (Wildman–Crippen LogP) is 5.59. The van der Waals surface area contributed by atoms with Crippen LogP contribution in [0.3, 0.4) is 0 Å². The lowest BCUT2D eigenvalue weighted by atomic mass is 9.97. The first-order valence-electron chi connectivity index (χ1n) is 12.6. The SMILES string of the molecule is O=C(COC(=O)c1c2c(nc3ccccc13)/C(=C/c1ccc(O)cc1)CC2)NCCC1=CCCCC1. The molecule has 0 saturated carbocycles. The molecule has 6 heteroatoms. The topological polar surface area (TPSA) is 88.5 Å². The van der Waals surface area contributed by atoms with Gasteiger partial charge in [0.1, 0.15) is 5.75 Å². The third kappa shape index (κ3) is 5.33. The van der Waals surface area contributed by atoms with Crippen LogP contribution in [0.5, 0.6) is 5.75 Å². The number of pyridine rings is 1. The van der Waals surface area contributed by atoms with E-state index in [4.69, 9.17) is 9.72 Å². The average molecular weight is 483 g/mol. The van der Waals surface area contributed by atoms with Crippen molar-refractivity contribution in [2.45, 2.75) is 44.9 Å². The maximum atomic E-state index is 13.3. The van der Waals surface area contributed by atoms with Crippen molar-refractivity contribution in [2.24, 2.45) is 0 Å². The standard InChI is InChI=1S/C30H30N2O4/c33-23-13-10-21(11-14-23)18-22-12-15-25-28(24-8-4-5-9-26(24)32-29(22)25)30(35)36-19-27(34)31-17-16-20-6-2-1-3-7-20/h4-6,8-11,13-14,18,33H,1-3,7,12,15-17,19H2,(H,31,34)/b22-18+. The number of amides is 1. The highest BCUT2D eigenvalue weighted by Gasteiger charge is 2.28. The number of allylic oxidation sites excluding steroid dienone is 2. The number of benzene rings is 2. The van der Waals surface area contributed by atoms with Crippen molar-refractivity contribution in [2.75, 3.05) is 13.2 Å². The van der Waals surface area contributed by atoms with Crippen LogP contribution in [0, 0.1) is 0 Å². The van der Waals surface area contributed by atoms with Crippen LogP contribution in [0.1, 0.15) is 65.7 Å². The molecule has 2 aliphatic carbocycles. The van der Waals surface area contributed by atoms with Gasteiger partial charge in [-0.15, -0.1) is 0 Å². The number of ether oxygens (including phenoxy) is 1. The van der Waals surface area contributed by atoms with Gasteiger partial charge in [0.25, 0.3) is 5.91 Å². The van der Waals surface area contributed by atoms with Gasteiger partial charge in [0.2, 0.25) is 0 Å². The van der Waals surface area contributed by atoms with E-state index in [0.717, 1.165) is 53.5 Å². The maximum absolute atomic E-state index is 13.3. The lowest BCUT2D eigenvalue weighted by Gasteiger charge is -2.14. The van der Waals surface area contributed by atoms with Crippen LogP contribution < -0.4 is 5.32 Å². The molecule has 1 heterocycles. The van der Waals surface area contributed by atoms with E-state index in [0.29, 0.717) is 24.0 Å². The van der Waals surface area contributed by atoms with E-state index in [9.17, 15) is 14.7 Å². The van der Waals surface area contributed by atoms with Crippen LogP contribution in [0.25, 0.3) is 22.6 Å². The van der Waals surface area contributed by atoms with Crippen LogP contribution in [0.15, 0.2) is 60.2 Å². The Bertz CT molecular complexity index is 1360. The number of aromatic nitrogens is 1. The number of phenolic OH excluding ortho intramolecular Hbond substituents is 1. The summed E-state index contributed by atoms with van der Waals surface area (Å²) in [6, 6.07) is 14.5. The summed E-state index contributed by atoms with van der Waals surface area (Å²) in [4.78, 5) is 30.5. The Balaban J connectivity index is 1.33. The second-order valence-electron chi connectivity index (χ2n) is 9.38. The molecule has 0 unspecified atom stereocenters. The number of nitrogens with zero attached hydrogens (tertiary/aromatic N) is 1. The van der Waals surface area contributed by atoms with Gasteiger partial charge in [-0.2, -0.15) is 0 Å². The molecule has 0 radical (unpaired) electrons. The first-order chi connectivity index (χ1) is 17.6. The summed E-state index contributed by atoms with van der Waals surface area (Å²) in [7, 11) is 0. The Hall–Kier alpha value is -3.93. The zero-order valence-electron chi connectivity index (χ0n) is 20.3. The average Bonchev–Trinajstić information content (AvgIpc) is 3.29. The number of carbonyl (C=O) groups is 2. The second-order valence-corrected chi connectivity index (χ2v) is 9.38. The number of phenols is 1. The van der Waals surface area contributed by atoms with Crippen LogP contribution in [-0.2, 0) is 16.0 Å². The predicted molar refractivity (Wildman–Crippen MR) is 141 cm³/mol. The molecule has 6 nitrogen and oxygen atoms in total. The smallest absolute Gasteiger partial charge is 0.339 e. The van der Waals surface area contributed by atoms with Gasteiger partial charge in [-0.25, -0.2) is 9.78 Å². The fourth-order valence-electron chi connectivity index (χ4n) is 5.03. The Morgan fingerprint density at radius 2 is 1.86 bits per heavy atom. The van der Waals surface area contributed by atoms with Gasteiger partial charge in [-0.3, -0.25) is 4.79 Å². The number of para-hydroxylation sites is 1. The maximum Gasteiger partial charge on any atom is 0.339 e. The van der Waals surface area contributed by atoms with Gasteiger partial charge < -0.3 is 15.2 Å². The van der Waals surface area contributed by atoms with Crippen molar-refractivity contribution in [1.29, 1.82) is 0 Å². The molecule has 0 spiro atoms. The molecule has 1 aromatic heterocycles. The zero-order chi connectivity index (χ0) is 24.9. The molecule has 5 rings (SSSR count). The molecule has 2 aliphatic rings. The summed E-state index contributed by atoms with van der Waals surface area (Å²) < 4.78 is 5.49. The van der Waals surface area contributed by atoms with Gasteiger partial charge >= 0.3 is 5.97 Å². The van der Waals surface area contributed by atoms with E-state index in [1.165, 1.54) is 18.4 Å². The molecular weight excluding hydrogens is 452 g/mol. The molecule has 3 aromatic rings. The highest BCUT2D eigenvalue weighted by molar-refractivity contribution is 6.07. The first-order valence-corrected chi connectivity index (χ1v) is 12.6. The van der Waals surface area contributed by atoms with Crippen molar-refractivity contribution in [3.05, 3.63) is 82.6 Å². The number of nitrogens with one attached hydrogen (secondary N) is 1. The Morgan fingerprint density at radius 3 is 2.67 bits per heavy atom. The fraction of sp³-hybridized carbons (Fsp3) is 0.300. The molecule has 1 amide bonds. The number of hydrogen-bond acceptors (Lipinski definition) is 5. The normalized spacial score (nSPS) is 16.0. The summed E-state index contributed by atoms with van der Waals surface area (Å²) in [5.41, 5.74) is 6.23. The highest BCUT2D eigenvalue weighted by Crippen LogP contribution is 2.38. The van der Waals surface area contributed by atoms with E-state index in [-0.39, 0.29) is 18.3 Å². The monoisotopic (exact) mass is 482 g/mol. The molecule has 0 fully saturated rings. The van der Waals surface area contributed by atoms with Crippen LogP contribution in [-0.4, -0.2) is 35.1 Å². The lowest BCUT2D eigenvalue weighted by molar-refractivity contribution is -0.124. The quantitative estimate of drug-likeness (QED) is 0.339. The van der Waals surface area contributed by atoms with E-state index >= 15 is 0 Å². The minimum Gasteiger partial charge on any atom is -0.508 e. The number of carbonyl (C=O) groups excluding carboxylic acids is 2. The summed E-state index contributed by atoms with van der Waals surface area (Å²) >= 11 is 0. The highest BCUT2D eigenvalue weighted by atomic mass is 16.5. The van der Waals surface area contributed by atoms with E-state index in [1.54, 1.807) is 12.1 Å². The van der Waals surface area contributed by atoms with Crippen LogP contribution in [0.4, 0.5) is 0 Å². The second kappa shape index (κ2) is 10.8. The van der Waals surface area contributed by atoms with Crippen LogP contribution in [0.2, 0.25) is 0 Å². The van der Waals surface area contributed by atoms with E-state index in [1.807, 2.05) is 42.5 Å². The molecule has 0 bridgehead atoms. The Kier molecular flexibility index (Phi) is 7.12. The lowest BCUT2D eigenvalue weighted by Crippen LogP contribution is -2.30. The minimum absolute atomic E-state index is 0.216. The number of fused-ring (bicyclic) bond motifs is 2. The van der Waals surface area contributed by atoms with E-state index in [2.05, 4.69) is 11.4 Å². The van der Waals surface area contributed by atoms with Gasteiger partial charge in [0.15, 0.2) is 6.61 Å². The van der Waals surface area contributed by atoms with Crippen molar-refractivity contribution >= 4 is 34.4 Å². The largest absolute Gasteiger partial charge is 0.508 e. The molecule has 2 aromatic carbocycles. The number of aromatic hydroxyl groups is 1. The van der Waals surface area contributed by atoms with Gasteiger partial charge in [-0.05, 0) is 85.9 Å². The molecule has 0 aliphatic heterocycles. The number of hydrogen-bond donors (Lipinski definition) is 2.